The van der Waals surface area contributed by atoms with Crippen LogP contribution in [-0.2, 0) is 17.9 Å². The van der Waals surface area contributed by atoms with E-state index in [-0.39, 0.29) is 11.8 Å². The van der Waals surface area contributed by atoms with Crippen LogP contribution in [0.25, 0.3) is 0 Å². The summed E-state index contributed by atoms with van der Waals surface area (Å²) in [4.78, 5) is 28.7. The van der Waals surface area contributed by atoms with Crippen LogP contribution in [0.2, 0.25) is 0 Å². The lowest BCUT2D eigenvalue weighted by atomic mass is 10.1. The van der Waals surface area contributed by atoms with Crippen LogP contribution in [0.5, 0.6) is 0 Å². The van der Waals surface area contributed by atoms with Gasteiger partial charge in [0.25, 0.3) is 0 Å². The maximum absolute atomic E-state index is 12.9. The number of fused-ring (bicyclic) bond motifs is 2. The number of Topliss-reactive ketones (excluding diaryl/α,β-unsaturated/α-hetero) is 1. The first-order valence-electron chi connectivity index (χ1n) is 8.26. The van der Waals surface area contributed by atoms with Gasteiger partial charge in [-0.25, -0.2) is 14.8 Å². The summed E-state index contributed by atoms with van der Waals surface area (Å²) in [6, 6.07) is 8.10. The topological polar surface area (TPSA) is 47.1 Å². The van der Waals surface area contributed by atoms with Crippen LogP contribution < -0.4 is 0 Å². The third-order valence-corrected chi connectivity index (χ3v) is 4.76. The first-order valence-corrected chi connectivity index (χ1v) is 8.26. The first-order chi connectivity index (χ1) is 12.0. The van der Waals surface area contributed by atoms with E-state index in [1.54, 1.807) is 23.2 Å². The number of urea groups is 1. The highest BCUT2D eigenvalue weighted by atomic mass is 16.2. The van der Waals surface area contributed by atoms with E-state index in [9.17, 15) is 9.59 Å². The van der Waals surface area contributed by atoms with E-state index in [0.29, 0.717) is 5.70 Å². The second-order valence-electron chi connectivity index (χ2n) is 6.60. The Kier molecular flexibility index (Phi) is 3.42. The molecule has 25 heavy (non-hydrogen) atoms. The van der Waals surface area contributed by atoms with E-state index in [1.807, 2.05) is 31.3 Å². The summed E-state index contributed by atoms with van der Waals surface area (Å²) >= 11 is 0. The van der Waals surface area contributed by atoms with Gasteiger partial charge in [0.15, 0.2) is 5.78 Å². The molecular formula is C19H20N4O2. The van der Waals surface area contributed by atoms with Crippen LogP contribution in [0.3, 0.4) is 0 Å². The number of allylic oxidation sites excluding steroid dienone is 3. The molecule has 3 aliphatic rings. The summed E-state index contributed by atoms with van der Waals surface area (Å²) in [6.45, 7) is 4.90. The fourth-order valence-corrected chi connectivity index (χ4v) is 3.47. The zero-order chi connectivity index (χ0) is 17.7. The van der Waals surface area contributed by atoms with E-state index in [2.05, 4.69) is 17.0 Å². The van der Waals surface area contributed by atoms with Crippen molar-refractivity contribution in [1.29, 1.82) is 0 Å². The van der Waals surface area contributed by atoms with Gasteiger partial charge in [-0.15, -0.1) is 0 Å². The second kappa shape index (κ2) is 5.51. The third-order valence-electron chi connectivity index (χ3n) is 4.76. The molecule has 0 saturated carbocycles. The molecule has 2 amide bonds. The van der Waals surface area contributed by atoms with Crippen molar-refractivity contribution in [3.8, 4) is 0 Å². The molecule has 0 saturated heterocycles. The monoisotopic (exact) mass is 336 g/mol. The minimum Gasteiger partial charge on any atom is -0.348 e. The summed E-state index contributed by atoms with van der Waals surface area (Å²) < 4.78 is 0. The molecule has 4 rings (SSSR count). The van der Waals surface area contributed by atoms with Crippen molar-refractivity contribution >= 4 is 11.8 Å². The van der Waals surface area contributed by atoms with Gasteiger partial charge in [0.1, 0.15) is 11.5 Å². The summed E-state index contributed by atoms with van der Waals surface area (Å²) in [5, 5.41) is 3.13. The normalized spacial score (nSPS) is 19.3. The lowest BCUT2D eigenvalue weighted by Crippen LogP contribution is -2.53. The number of nitrogens with zero attached hydrogens (tertiary/aromatic N) is 4. The predicted octanol–water partition coefficient (Wildman–Crippen LogP) is 2.78. The van der Waals surface area contributed by atoms with Crippen LogP contribution in [0.15, 0.2) is 59.8 Å². The molecule has 6 heteroatoms. The van der Waals surface area contributed by atoms with Crippen LogP contribution in [0.1, 0.15) is 25.0 Å². The molecule has 0 unspecified atom stereocenters. The van der Waals surface area contributed by atoms with Gasteiger partial charge in [0.2, 0.25) is 0 Å². The lowest BCUT2D eigenvalue weighted by molar-refractivity contribution is -0.116. The van der Waals surface area contributed by atoms with E-state index in [0.717, 1.165) is 24.5 Å². The summed E-state index contributed by atoms with van der Waals surface area (Å²) in [7, 11) is 1.77. The molecule has 1 aromatic carbocycles. The van der Waals surface area contributed by atoms with Crippen molar-refractivity contribution in [3.05, 3.63) is 71.0 Å². The number of hydrogen-bond acceptors (Lipinski definition) is 4. The SMILES string of the molecule is CC(=O)C1=CC(C)=CN2C(=O)N(C)C(N3Cc4ccccc4C3)=CN12. The molecule has 0 bridgehead atoms. The summed E-state index contributed by atoms with van der Waals surface area (Å²) in [6.07, 6.45) is 5.42. The Balaban J connectivity index is 1.73. The van der Waals surface area contributed by atoms with Crippen molar-refractivity contribution in [2.75, 3.05) is 7.05 Å². The maximum Gasteiger partial charge on any atom is 0.348 e. The highest BCUT2D eigenvalue weighted by Crippen LogP contribution is 2.32. The molecule has 1 aromatic rings. The Morgan fingerprint density at radius 2 is 1.68 bits per heavy atom. The number of amides is 2. The average molecular weight is 336 g/mol. The second-order valence-corrected chi connectivity index (χ2v) is 6.60. The van der Waals surface area contributed by atoms with Crippen molar-refractivity contribution in [2.45, 2.75) is 26.9 Å². The molecule has 0 fully saturated rings. The number of rotatable bonds is 2. The van der Waals surface area contributed by atoms with E-state index >= 15 is 0 Å². The van der Waals surface area contributed by atoms with Crippen molar-refractivity contribution < 1.29 is 9.59 Å². The molecular weight excluding hydrogens is 316 g/mol. The molecule has 0 N–H and O–H groups in total. The van der Waals surface area contributed by atoms with Crippen LogP contribution in [0.4, 0.5) is 4.79 Å². The highest BCUT2D eigenvalue weighted by Gasteiger charge is 2.37. The third kappa shape index (κ3) is 2.41. The Hall–Kier alpha value is -3.02. The number of hydrazine groups is 1. The van der Waals surface area contributed by atoms with Gasteiger partial charge < -0.3 is 4.90 Å². The van der Waals surface area contributed by atoms with Crippen molar-refractivity contribution in [3.63, 3.8) is 0 Å². The quantitative estimate of drug-likeness (QED) is 0.833. The van der Waals surface area contributed by atoms with Gasteiger partial charge in [-0.3, -0.25) is 9.69 Å². The molecule has 0 radical (unpaired) electrons. The van der Waals surface area contributed by atoms with E-state index in [1.165, 1.54) is 23.1 Å². The number of carbonyl (C=O) groups excluding carboxylic acids is 2. The fourth-order valence-electron chi connectivity index (χ4n) is 3.47. The number of carbonyl (C=O) groups is 2. The van der Waals surface area contributed by atoms with Crippen LogP contribution >= 0.6 is 0 Å². The lowest BCUT2D eigenvalue weighted by Gasteiger charge is -2.44. The molecule has 0 aromatic heterocycles. The highest BCUT2D eigenvalue weighted by molar-refractivity contribution is 5.94. The zero-order valence-corrected chi connectivity index (χ0v) is 14.6. The van der Waals surface area contributed by atoms with Gasteiger partial charge in [0.05, 0.1) is 6.20 Å². The van der Waals surface area contributed by atoms with Crippen LogP contribution in [0, 0.1) is 0 Å². The van der Waals surface area contributed by atoms with Gasteiger partial charge in [0, 0.05) is 33.3 Å². The summed E-state index contributed by atoms with van der Waals surface area (Å²) in [5.74, 6) is 0.715. The Bertz CT molecular complexity index is 843. The number of hydrogen-bond donors (Lipinski definition) is 0. The fraction of sp³-hybridized carbons (Fsp3) is 0.263. The van der Waals surface area contributed by atoms with E-state index < -0.39 is 0 Å². The minimum atomic E-state index is -0.181. The smallest absolute Gasteiger partial charge is 0.348 e. The molecule has 6 nitrogen and oxygen atoms in total. The van der Waals surface area contributed by atoms with Crippen LogP contribution in [-0.4, -0.2) is 38.7 Å². The summed E-state index contributed by atoms with van der Waals surface area (Å²) in [5.41, 5.74) is 3.90. The van der Waals surface area contributed by atoms with Gasteiger partial charge in [-0.1, -0.05) is 24.3 Å². The van der Waals surface area contributed by atoms with Crippen molar-refractivity contribution in [2.24, 2.45) is 0 Å². The van der Waals surface area contributed by atoms with Gasteiger partial charge in [-0.2, -0.15) is 0 Å². The Labute approximate surface area is 146 Å². The largest absolute Gasteiger partial charge is 0.348 e. The molecule has 3 heterocycles. The first kappa shape index (κ1) is 15.5. The standard InChI is InChI=1S/C19H20N4O2/c1-13-8-17(14(2)24)22-12-18(20(3)19(25)23(22)9-13)21-10-15-6-4-5-7-16(15)11-21/h4-9,12H,10-11H2,1-3H3. The molecule has 0 atom stereocenters. The average Bonchev–Trinajstić information content (AvgIpc) is 3.01. The number of benzene rings is 1. The molecule has 0 spiro atoms. The Morgan fingerprint density at radius 3 is 2.28 bits per heavy atom. The van der Waals surface area contributed by atoms with Gasteiger partial charge >= 0.3 is 6.03 Å². The molecule has 128 valence electrons. The molecule has 0 aliphatic carbocycles. The number of ketones is 1. The van der Waals surface area contributed by atoms with Crippen molar-refractivity contribution in [1.82, 2.24) is 19.8 Å². The maximum atomic E-state index is 12.9. The Morgan fingerprint density at radius 1 is 1.04 bits per heavy atom. The molecule has 3 aliphatic heterocycles. The zero-order valence-electron chi connectivity index (χ0n) is 14.6. The van der Waals surface area contributed by atoms with E-state index in [4.69, 9.17) is 0 Å². The minimum absolute atomic E-state index is 0.0740. The van der Waals surface area contributed by atoms with Gasteiger partial charge in [-0.05, 0) is 29.7 Å². The predicted molar refractivity (Wildman–Crippen MR) is 93.1 cm³/mol.